The minimum absolute atomic E-state index is 0.241. The van der Waals surface area contributed by atoms with Crippen LogP contribution in [0.4, 0.5) is 0 Å². The highest BCUT2D eigenvalue weighted by Gasteiger charge is 2.16. The monoisotopic (exact) mass is 193 g/mol. The van der Waals surface area contributed by atoms with Crippen LogP contribution >= 0.6 is 0 Å². The second-order valence-electron chi connectivity index (χ2n) is 3.60. The normalized spacial score (nSPS) is 14.7. The fourth-order valence-corrected chi connectivity index (χ4v) is 0.997. The standard InChI is InChI=1S/C11H15NO2/c1-11(12,8-13)9-14-7-10-5-3-2-4-6-10/h2-6,8H,7,9,12H2,1H3/t11-/m0/s1. The largest absolute Gasteiger partial charge is 0.374 e. The fraction of sp³-hybridized carbons (Fsp3) is 0.364. The third kappa shape index (κ3) is 3.68. The van der Waals surface area contributed by atoms with Crippen molar-refractivity contribution >= 4 is 6.29 Å². The molecule has 0 aliphatic carbocycles. The molecule has 2 N–H and O–H groups in total. The Bertz CT molecular complexity index is 283. The molecule has 0 bridgehead atoms. The Balaban J connectivity index is 2.32. The number of aldehydes is 1. The number of ether oxygens (including phenoxy) is 1. The summed E-state index contributed by atoms with van der Waals surface area (Å²) in [5.74, 6) is 0. The lowest BCUT2D eigenvalue weighted by molar-refractivity contribution is -0.113. The number of carbonyl (C=O) groups excluding carboxylic acids is 1. The van der Waals surface area contributed by atoms with Gasteiger partial charge in [0.1, 0.15) is 6.29 Å². The Kier molecular flexibility index (Phi) is 3.80. The molecule has 0 aliphatic rings. The summed E-state index contributed by atoms with van der Waals surface area (Å²) in [6.07, 6.45) is 0.706. The van der Waals surface area contributed by atoms with Crippen LogP contribution in [0, 0.1) is 0 Å². The summed E-state index contributed by atoms with van der Waals surface area (Å²) in [4.78, 5) is 10.5. The number of benzene rings is 1. The molecule has 0 aliphatic heterocycles. The molecule has 0 spiro atoms. The van der Waals surface area contributed by atoms with E-state index >= 15 is 0 Å². The SMILES string of the molecule is C[C@](N)(C=O)COCc1ccccc1. The van der Waals surface area contributed by atoms with Crippen LogP contribution in [0.3, 0.4) is 0 Å². The van der Waals surface area contributed by atoms with Crippen LogP contribution in [0.2, 0.25) is 0 Å². The maximum Gasteiger partial charge on any atom is 0.141 e. The van der Waals surface area contributed by atoms with Crippen LogP contribution in [0.25, 0.3) is 0 Å². The van der Waals surface area contributed by atoms with Gasteiger partial charge in [0.15, 0.2) is 0 Å². The van der Waals surface area contributed by atoms with Crippen molar-refractivity contribution in [3.05, 3.63) is 35.9 Å². The average molecular weight is 193 g/mol. The van der Waals surface area contributed by atoms with E-state index in [-0.39, 0.29) is 6.61 Å². The molecule has 0 saturated carbocycles. The summed E-state index contributed by atoms with van der Waals surface area (Å²) in [5.41, 5.74) is 5.78. The van der Waals surface area contributed by atoms with Gasteiger partial charge in [-0.15, -0.1) is 0 Å². The maximum absolute atomic E-state index is 10.5. The minimum atomic E-state index is -0.880. The second-order valence-corrected chi connectivity index (χ2v) is 3.60. The Morgan fingerprint density at radius 3 is 2.64 bits per heavy atom. The summed E-state index contributed by atoms with van der Waals surface area (Å²) in [6.45, 7) is 2.37. The Morgan fingerprint density at radius 1 is 1.43 bits per heavy atom. The zero-order valence-electron chi connectivity index (χ0n) is 8.27. The molecular formula is C11H15NO2. The molecule has 1 rings (SSSR count). The van der Waals surface area contributed by atoms with E-state index in [0.29, 0.717) is 12.9 Å². The van der Waals surface area contributed by atoms with Gasteiger partial charge in [-0.1, -0.05) is 30.3 Å². The molecule has 0 amide bonds. The third-order valence-corrected chi connectivity index (χ3v) is 1.79. The van der Waals surface area contributed by atoms with Gasteiger partial charge in [-0.25, -0.2) is 0 Å². The lowest BCUT2D eigenvalue weighted by atomic mass is 10.1. The van der Waals surface area contributed by atoms with Crippen molar-refractivity contribution in [2.45, 2.75) is 19.1 Å². The van der Waals surface area contributed by atoms with E-state index in [1.807, 2.05) is 30.3 Å². The van der Waals surface area contributed by atoms with Gasteiger partial charge in [-0.2, -0.15) is 0 Å². The zero-order valence-corrected chi connectivity index (χ0v) is 8.27. The van der Waals surface area contributed by atoms with Crippen molar-refractivity contribution < 1.29 is 9.53 Å². The van der Waals surface area contributed by atoms with E-state index in [9.17, 15) is 4.79 Å². The average Bonchev–Trinajstić information content (AvgIpc) is 2.19. The summed E-state index contributed by atoms with van der Waals surface area (Å²) >= 11 is 0. The van der Waals surface area contributed by atoms with Crippen molar-refractivity contribution in [3.63, 3.8) is 0 Å². The molecule has 1 aromatic carbocycles. The quantitative estimate of drug-likeness (QED) is 0.713. The molecule has 0 unspecified atom stereocenters. The zero-order chi connectivity index (χ0) is 10.4. The lowest BCUT2D eigenvalue weighted by Crippen LogP contribution is -2.42. The van der Waals surface area contributed by atoms with E-state index in [1.165, 1.54) is 0 Å². The summed E-state index contributed by atoms with van der Waals surface area (Å²) in [7, 11) is 0. The van der Waals surface area contributed by atoms with Gasteiger partial charge in [0.05, 0.1) is 18.8 Å². The molecule has 3 heteroatoms. The van der Waals surface area contributed by atoms with Gasteiger partial charge >= 0.3 is 0 Å². The van der Waals surface area contributed by atoms with Crippen molar-refractivity contribution in [1.82, 2.24) is 0 Å². The minimum Gasteiger partial charge on any atom is -0.374 e. The number of hydrogen-bond acceptors (Lipinski definition) is 3. The van der Waals surface area contributed by atoms with Crippen molar-refractivity contribution in [3.8, 4) is 0 Å². The molecule has 1 aromatic rings. The molecular weight excluding hydrogens is 178 g/mol. The van der Waals surface area contributed by atoms with Crippen LogP contribution in [-0.4, -0.2) is 18.4 Å². The van der Waals surface area contributed by atoms with E-state index in [4.69, 9.17) is 10.5 Å². The molecule has 3 nitrogen and oxygen atoms in total. The van der Waals surface area contributed by atoms with Gasteiger partial charge in [-0.3, -0.25) is 0 Å². The molecule has 0 heterocycles. The maximum atomic E-state index is 10.5. The van der Waals surface area contributed by atoms with Gasteiger partial charge in [-0.05, 0) is 12.5 Å². The lowest BCUT2D eigenvalue weighted by Gasteiger charge is -2.16. The first-order valence-corrected chi connectivity index (χ1v) is 4.51. The van der Waals surface area contributed by atoms with E-state index in [0.717, 1.165) is 5.56 Å². The predicted molar refractivity (Wildman–Crippen MR) is 54.8 cm³/mol. The van der Waals surface area contributed by atoms with Crippen LogP contribution in [0.1, 0.15) is 12.5 Å². The molecule has 76 valence electrons. The van der Waals surface area contributed by atoms with Gasteiger partial charge < -0.3 is 15.3 Å². The van der Waals surface area contributed by atoms with E-state index in [1.54, 1.807) is 6.92 Å². The molecule has 0 saturated heterocycles. The van der Waals surface area contributed by atoms with Crippen LogP contribution in [0.5, 0.6) is 0 Å². The first-order valence-electron chi connectivity index (χ1n) is 4.51. The molecule has 0 radical (unpaired) electrons. The Labute approximate surface area is 83.9 Å². The van der Waals surface area contributed by atoms with Crippen molar-refractivity contribution in [1.29, 1.82) is 0 Å². The van der Waals surface area contributed by atoms with Crippen molar-refractivity contribution in [2.24, 2.45) is 5.73 Å². The molecule has 0 fully saturated rings. The molecule has 1 atom stereocenters. The molecule has 14 heavy (non-hydrogen) atoms. The van der Waals surface area contributed by atoms with Crippen LogP contribution < -0.4 is 5.73 Å². The van der Waals surface area contributed by atoms with E-state index in [2.05, 4.69) is 0 Å². The van der Waals surface area contributed by atoms with Gasteiger partial charge in [0.2, 0.25) is 0 Å². The van der Waals surface area contributed by atoms with Gasteiger partial charge in [0.25, 0.3) is 0 Å². The van der Waals surface area contributed by atoms with Crippen LogP contribution in [0.15, 0.2) is 30.3 Å². The number of rotatable bonds is 5. The third-order valence-electron chi connectivity index (χ3n) is 1.79. The summed E-state index contributed by atoms with van der Waals surface area (Å²) < 4.78 is 5.32. The Hall–Kier alpha value is -1.19. The number of carbonyl (C=O) groups is 1. The van der Waals surface area contributed by atoms with Crippen molar-refractivity contribution in [2.75, 3.05) is 6.61 Å². The predicted octanol–water partition coefficient (Wildman–Crippen LogP) is 1.12. The highest BCUT2D eigenvalue weighted by Crippen LogP contribution is 2.02. The topological polar surface area (TPSA) is 52.3 Å². The number of nitrogens with two attached hydrogens (primary N) is 1. The first-order chi connectivity index (χ1) is 6.64. The van der Waals surface area contributed by atoms with Crippen LogP contribution in [-0.2, 0) is 16.1 Å². The number of hydrogen-bond donors (Lipinski definition) is 1. The highest BCUT2D eigenvalue weighted by molar-refractivity contribution is 5.63. The fourth-order valence-electron chi connectivity index (χ4n) is 0.997. The van der Waals surface area contributed by atoms with E-state index < -0.39 is 5.54 Å². The van der Waals surface area contributed by atoms with Gasteiger partial charge in [0, 0.05) is 0 Å². The highest BCUT2D eigenvalue weighted by atomic mass is 16.5. The Morgan fingerprint density at radius 2 is 2.07 bits per heavy atom. The second kappa shape index (κ2) is 4.88. The summed E-state index contributed by atoms with van der Waals surface area (Å²) in [5, 5.41) is 0. The smallest absolute Gasteiger partial charge is 0.141 e. The first kappa shape index (κ1) is 10.9. The summed E-state index contributed by atoms with van der Waals surface area (Å²) in [6, 6.07) is 9.77. The molecule has 0 aromatic heterocycles.